The van der Waals surface area contributed by atoms with E-state index in [0.29, 0.717) is 11.3 Å². The molecule has 6 heteroatoms. The van der Waals surface area contributed by atoms with Crippen LogP contribution in [0, 0.1) is 5.92 Å². The molecule has 0 spiro atoms. The Labute approximate surface area is 84.0 Å². The predicted molar refractivity (Wildman–Crippen MR) is 44.9 cm³/mol. The Hall–Kier alpha value is -1.17. The molecule has 1 aromatic heterocycles. The zero-order valence-electron chi connectivity index (χ0n) is 7.70. The lowest BCUT2D eigenvalue weighted by Gasteiger charge is -2.28. The van der Waals surface area contributed by atoms with E-state index in [1.165, 1.54) is 12.5 Å². The molecule has 0 bridgehead atoms. The minimum atomic E-state index is -4.27. The van der Waals surface area contributed by atoms with Crippen LogP contribution in [0.5, 0.6) is 0 Å². The highest BCUT2D eigenvalue weighted by Crippen LogP contribution is 2.40. The third kappa shape index (κ3) is 1.94. The molecule has 1 N–H and O–H groups in total. The number of hydrogen-bond acceptors (Lipinski definition) is 3. The quantitative estimate of drug-likeness (QED) is 0.719. The summed E-state index contributed by atoms with van der Waals surface area (Å²) >= 11 is 0. The second-order valence-corrected chi connectivity index (χ2v) is 3.62. The Morgan fingerprint density at radius 1 is 1.40 bits per heavy atom. The molecule has 1 heterocycles. The Balaban J connectivity index is 2.30. The highest BCUT2D eigenvalue weighted by atomic mass is 19.4. The van der Waals surface area contributed by atoms with Crippen molar-refractivity contribution < 1.29 is 18.3 Å². The summed E-state index contributed by atoms with van der Waals surface area (Å²) in [6.45, 7) is 0. The second kappa shape index (κ2) is 3.44. The van der Waals surface area contributed by atoms with E-state index >= 15 is 0 Å². The van der Waals surface area contributed by atoms with E-state index in [0.717, 1.165) is 0 Å². The zero-order valence-corrected chi connectivity index (χ0v) is 7.70. The van der Waals surface area contributed by atoms with Crippen LogP contribution in [0.2, 0.25) is 0 Å². The minimum Gasteiger partial charge on any atom is -0.388 e. The fourth-order valence-electron chi connectivity index (χ4n) is 1.78. The van der Waals surface area contributed by atoms with Gasteiger partial charge in [0.2, 0.25) is 0 Å². The molecule has 0 saturated heterocycles. The highest BCUT2D eigenvalue weighted by Gasteiger charge is 2.44. The molecule has 2 rings (SSSR count). The van der Waals surface area contributed by atoms with Gasteiger partial charge in [0.15, 0.2) is 0 Å². The Bertz CT molecular complexity index is 367. The first-order chi connectivity index (χ1) is 6.98. The van der Waals surface area contributed by atoms with E-state index in [2.05, 4.69) is 9.97 Å². The number of halogens is 3. The maximum absolute atomic E-state index is 12.5. The van der Waals surface area contributed by atoms with Crippen molar-refractivity contribution in [3.63, 3.8) is 0 Å². The molecule has 0 radical (unpaired) electrons. The first-order valence-corrected chi connectivity index (χ1v) is 4.52. The maximum Gasteiger partial charge on any atom is 0.392 e. The smallest absolute Gasteiger partial charge is 0.388 e. The van der Waals surface area contributed by atoms with Crippen molar-refractivity contribution in [1.82, 2.24) is 9.97 Å². The third-order valence-corrected chi connectivity index (χ3v) is 2.60. The van der Waals surface area contributed by atoms with Gasteiger partial charge in [-0.05, 0) is 6.42 Å². The fourth-order valence-corrected chi connectivity index (χ4v) is 1.78. The van der Waals surface area contributed by atoms with Crippen molar-refractivity contribution in [2.24, 2.45) is 5.92 Å². The van der Waals surface area contributed by atoms with Crippen LogP contribution in [-0.4, -0.2) is 21.3 Å². The van der Waals surface area contributed by atoms with Gasteiger partial charge in [0, 0.05) is 18.2 Å². The summed E-state index contributed by atoms with van der Waals surface area (Å²) < 4.78 is 37.4. The lowest BCUT2D eigenvalue weighted by atomic mass is 9.85. The van der Waals surface area contributed by atoms with Gasteiger partial charge in [0.05, 0.1) is 17.7 Å². The number of hydrogen-bond donors (Lipinski definition) is 1. The van der Waals surface area contributed by atoms with E-state index < -0.39 is 18.2 Å². The second-order valence-electron chi connectivity index (χ2n) is 3.62. The summed E-state index contributed by atoms with van der Waals surface area (Å²) in [6.07, 6.45) is -3.28. The Kier molecular flexibility index (Phi) is 2.38. The minimum absolute atomic E-state index is 0.168. The van der Waals surface area contributed by atoms with Crippen LogP contribution < -0.4 is 0 Å². The number of alkyl halides is 3. The van der Waals surface area contributed by atoms with E-state index in [9.17, 15) is 18.3 Å². The van der Waals surface area contributed by atoms with Crippen LogP contribution in [0.15, 0.2) is 12.5 Å². The summed E-state index contributed by atoms with van der Waals surface area (Å²) in [6, 6.07) is 0. The van der Waals surface area contributed by atoms with E-state index in [-0.39, 0.29) is 12.8 Å². The van der Waals surface area contributed by atoms with E-state index in [4.69, 9.17) is 0 Å². The average molecular weight is 218 g/mol. The Morgan fingerprint density at radius 2 is 2.13 bits per heavy atom. The summed E-state index contributed by atoms with van der Waals surface area (Å²) in [5.74, 6) is -1.50. The van der Waals surface area contributed by atoms with Crippen molar-refractivity contribution in [2.45, 2.75) is 25.1 Å². The van der Waals surface area contributed by atoms with E-state index in [1.54, 1.807) is 0 Å². The van der Waals surface area contributed by atoms with Crippen molar-refractivity contribution in [3.8, 4) is 0 Å². The SMILES string of the molecule is O[C@H]1C[C@H](C(F)(F)F)Cc2ncncc21. The number of fused-ring (bicyclic) bond motifs is 1. The largest absolute Gasteiger partial charge is 0.392 e. The van der Waals surface area contributed by atoms with Crippen LogP contribution in [0.3, 0.4) is 0 Å². The van der Waals surface area contributed by atoms with Gasteiger partial charge < -0.3 is 5.11 Å². The number of nitrogens with zero attached hydrogens (tertiary/aromatic N) is 2. The first-order valence-electron chi connectivity index (χ1n) is 4.52. The molecule has 1 aromatic rings. The van der Waals surface area contributed by atoms with Gasteiger partial charge in [-0.2, -0.15) is 13.2 Å². The van der Waals surface area contributed by atoms with Crippen molar-refractivity contribution in [3.05, 3.63) is 23.8 Å². The van der Waals surface area contributed by atoms with Gasteiger partial charge in [-0.25, -0.2) is 9.97 Å². The first kappa shape index (κ1) is 10.4. The zero-order chi connectivity index (χ0) is 11.1. The van der Waals surface area contributed by atoms with Crippen LogP contribution in [0.25, 0.3) is 0 Å². The molecule has 1 aliphatic rings. The van der Waals surface area contributed by atoms with Crippen LogP contribution in [0.1, 0.15) is 23.8 Å². The molecule has 0 fully saturated rings. The average Bonchev–Trinajstić information content (AvgIpc) is 2.16. The molecule has 3 nitrogen and oxygen atoms in total. The Morgan fingerprint density at radius 3 is 2.80 bits per heavy atom. The molecule has 0 aliphatic heterocycles. The van der Waals surface area contributed by atoms with E-state index in [1.807, 2.05) is 0 Å². The summed E-state index contributed by atoms with van der Waals surface area (Å²) in [5, 5.41) is 9.52. The topological polar surface area (TPSA) is 46.0 Å². The van der Waals surface area contributed by atoms with Gasteiger partial charge in [-0.3, -0.25) is 0 Å². The van der Waals surface area contributed by atoms with Crippen LogP contribution in [-0.2, 0) is 6.42 Å². The molecular weight excluding hydrogens is 209 g/mol. The highest BCUT2D eigenvalue weighted by molar-refractivity contribution is 5.22. The summed E-state index contributed by atoms with van der Waals surface area (Å²) in [5.41, 5.74) is 0.712. The standard InChI is InChI=1S/C9H9F3N2O/c10-9(11,12)5-1-7-6(8(15)2-5)3-13-4-14-7/h3-5,8,15H,1-2H2/t5-,8+/m1/s1. The van der Waals surface area contributed by atoms with Crippen molar-refractivity contribution >= 4 is 0 Å². The lowest BCUT2D eigenvalue weighted by Crippen LogP contribution is -2.31. The van der Waals surface area contributed by atoms with Crippen LogP contribution in [0.4, 0.5) is 13.2 Å². The van der Waals surface area contributed by atoms with Gasteiger partial charge in [-0.1, -0.05) is 0 Å². The summed E-state index contributed by atoms with van der Waals surface area (Å²) in [4.78, 5) is 7.45. The van der Waals surface area contributed by atoms with Crippen LogP contribution >= 0.6 is 0 Å². The lowest BCUT2D eigenvalue weighted by molar-refractivity contribution is -0.184. The predicted octanol–water partition coefficient (Wildman–Crippen LogP) is 1.63. The van der Waals surface area contributed by atoms with Gasteiger partial charge in [0.1, 0.15) is 6.33 Å². The molecule has 82 valence electrons. The van der Waals surface area contributed by atoms with Crippen molar-refractivity contribution in [1.29, 1.82) is 0 Å². The molecule has 1 aliphatic carbocycles. The third-order valence-electron chi connectivity index (χ3n) is 2.60. The van der Waals surface area contributed by atoms with Gasteiger partial charge >= 0.3 is 6.18 Å². The molecule has 0 saturated carbocycles. The summed E-state index contributed by atoms with van der Waals surface area (Å²) in [7, 11) is 0. The number of aliphatic hydroxyl groups is 1. The molecule has 15 heavy (non-hydrogen) atoms. The van der Waals surface area contributed by atoms with Crippen molar-refractivity contribution in [2.75, 3.05) is 0 Å². The molecule has 0 amide bonds. The van der Waals surface area contributed by atoms with Gasteiger partial charge in [0.25, 0.3) is 0 Å². The molecule has 0 aromatic carbocycles. The number of aliphatic hydroxyl groups excluding tert-OH is 1. The normalized spacial score (nSPS) is 26.1. The molecular formula is C9H9F3N2O. The fraction of sp³-hybridized carbons (Fsp3) is 0.556. The molecule has 0 unspecified atom stereocenters. The molecule has 2 atom stereocenters. The number of rotatable bonds is 0. The monoisotopic (exact) mass is 218 g/mol. The number of aromatic nitrogens is 2. The van der Waals surface area contributed by atoms with Gasteiger partial charge in [-0.15, -0.1) is 0 Å². The maximum atomic E-state index is 12.5.